The van der Waals surface area contributed by atoms with E-state index in [0.717, 1.165) is 11.1 Å². The van der Waals surface area contributed by atoms with E-state index in [9.17, 15) is 13.6 Å². The zero-order chi connectivity index (χ0) is 14.5. The standard InChI is InChI=1S/C14H14ClF2NO2/c15-12-11-9(7-14(12,16)17)2-1-8-3-5-18(13(19)20)6-4-10(8)11/h1-2,12H,3-7H2,(H,19,20). The van der Waals surface area contributed by atoms with Gasteiger partial charge in [-0.15, -0.1) is 11.6 Å². The fourth-order valence-corrected chi connectivity index (χ4v) is 3.47. The highest BCUT2D eigenvalue weighted by molar-refractivity contribution is 6.22. The third-order valence-corrected chi connectivity index (χ3v) is 4.69. The monoisotopic (exact) mass is 301 g/mol. The number of rotatable bonds is 0. The molecule has 0 saturated heterocycles. The molecule has 3 rings (SSSR count). The molecule has 108 valence electrons. The van der Waals surface area contributed by atoms with E-state index in [4.69, 9.17) is 16.7 Å². The molecule has 3 nitrogen and oxygen atoms in total. The number of carboxylic acid groups (broad SMARTS) is 1. The second-order valence-corrected chi connectivity index (χ2v) is 5.78. The van der Waals surface area contributed by atoms with Gasteiger partial charge in [0.1, 0.15) is 5.38 Å². The smallest absolute Gasteiger partial charge is 0.407 e. The predicted molar refractivity (Wildman–Crippen MR) is 70.7 cm³/mol. The molecule has 1 amide bonds. The van der Waals surface area contributed by atoms with Gasteiger partial charge in [-0.25, -0.2) is 13.6 Å². The molecule has 1 unspecified atom stereocenters. The Hall–Kier alpha value is -1.36. The van der Waals surface area contributed by atoms with Gasteiger partial charge < -0.3 is 10.0 Å². The highest BCUT2D eigenvalue weighted by Gasteiger charge is 2.48. The van der Waals surface area contributed by atoms with Gasteiger partial charge in [-0.05, 0) is 35.1 Å². The molecule has 0 bridgehead atoms. The normalized spacial score (nSPS) is 23.9. The van der Waals surface area contributed by atoms with Gasteiger partial charge >= 0.3 is 6.09 Å². The predicted octanol–water partition coefficient (Wildman–Crippen LogP) is 3.24. The van der Waals surface area contributed by atoms with Gasteiger partial charge in [0.05, 0.1) is 0 Å². The number of carbonyl (C=O) groups is 1. The van der Waals surface area contributed by atoms with Crippen molar-refractivity contribution in [1.29, 1.82) is 0 Å². The summed E-state index contributed by atoms with van der Waals surface area (Å²) in [6, 6.07) is 3.55. The lowest BCUT2D eigenvalue weighted by Crippen LogP contribution is -2.31. The quantitative estimate of drug-likeness (QED) is 0.747. The van der Waals surface area contributed by atoms with E-state index in [1.165, 1.54) is 4.90 Å². The summed E-state index contributed by atoms with van der Waals surface area (Å²) in [7, 11) is 0. The minimum atomic E-state index is -2.92. The number of nitrogens with zero attached hydrogens (tertiary/aromatic N) is 1. The average molecular weight is 302 g/mol. The van der Waals surface area contributed by atoms with Gasteiger partial charge in [0.25, 0.3) is 5.92 Å². The molecule has 0 radical (unpaired) electrons. The molecule has 0 fully saturated rings. The second kappa shape index (κ2) is 4.58. The number of alkyl halides is 3. The van der Waals surface area contributed by atoms with Crippen LogP contribution in [0.15, 0.2) is 12.1 Å². The SMILES string of the molecule is O=C(O)N1CCc2ccc3c(c2CC1)C(Cl)C(F)(F)C3. The number of fused-ring (bicyclic) bond motifs is 3. The van der Waals surface area contributed by atoms with Gasteiger partial charge in [0.2, 0.25) is 0 Å². The molecule has 6 heteroatoms. The molecule has 1 aromatic carbocycles. The summed E-state index contributed by atoms with van der Waals surface area (Å²) in [5.41, 5.74) is 2.89. The first-order valence-electron chi connectivity index (χ1n) is 6.53. The van der Waals surface area contributed by atoms with E-state index in [2.05, 4.69) is 0 Å². The van der Waals surface area contributed by atoms with Gasteiger partial charge in [-0.3, -0.25) is 0 Å². The van der Waals surface area contributed by atoms with Crippen molar-refractivity contribution >= 4 is 17.7 Å². The van der Waals surface area contributed by atoms with Crippen LogP contribution in [0.25, 0.3) is 0 Å². The van der Waals surface area contributed by atoms with Crippen LogP contribution in [0.1, 0.15) is 27.6 Å². The molecule has 1 aliphatic heterocycles. The zero-order valence-electron chi connectivity index (χ0n) is 10.7. The van der Waals surface area contributed by atoms with Gasteiger partial charge in [-0.1, -0.05) is 12.1 Å². The van der Waals surface area contributed by atoms with Crippen LogP contribution >= 0.6 is 11.6 Å². The van der Waals surface area contributed by atoms with Crippen molar-refractivity contribution in [3.63, 3.8) is 0 Å². The zero-order valence-corrected chi connectivity index (χ0v) is 11.5. The molecular formula is C14H14ClF2NO2. The number of benzene rings is 1. The highest BCUT2D eigenvalue weighted by Crippen LogP contribution is 2.49. The van der Waals surface area contributed by atoms with Crippen LogP contribution in [0.4, 0.5) is 13.6 Å². The number of hydrogen-bond acceptors (Lipinski definition) is 1. The van der Waals surface area contributed by atoms with Crippen LogP contribution in [-0.2, 0) is 19.3 Å². The fourth-order valence-electron chi connectivity index (χ4n) is 3.12. The Labute approximate surface area is 120 Å². The Morgan fingerprint density at radius 1 is 1.30 bits per heavy atom. The van der Waals surface area contributed by atoms with Crippen LogP contribution in [0.5, 0.6) is 0 Å². The maximum atomic E-state index is 13.8. The van der Waals surface area contributed by atoms with Crippen molar-refractivity contribution in [2.24, 2.45) is 0 Å². The minimum Gasteiger partial charge on any atom is -0.465 e. The molecular weight excluding hydrogens is 288 g/mol. The number of halogens is 3. The molecule has 1 N–H and O–H groups in total. The Kier molecular flexibility index (Phi) is 3.12. The largest absolute Gasteiger partial charge is 0.465 e. The summed E-state index contributed by atoms with van der Waals surface area (Å²) in [6.07, 6.45) is -0.303. The minimum absolute atomic E-state index is 0.327. The lowest BCUT2D eigenvalue weighted by Gasteiger charge is -2.17. The van der Waals surface area contributed by atoms with Gasteiger partial charge in [0, 0.05) is 19.5 Å². The lowest BCUT2D eigenvalue weighted by atomic mass is 9.94. The van der Waals surface area contributed by atoms with E-state index in [-0.39, 0.29) is 6.42 Å². The van der Waals surface area contributed by atoms with Crippen LogP contribution < -0.4 is 0 Å². The van der Waals surface area contributed by atoms with Crippen LogP contribution in [0.2, 0.25) is 0 Å². The third kappa shape index (κ3) is 2.04. The van der Waals surface area contributed by atoms with Crippen molar-refractivity contribution in [3.05, 3.63) is 34.4 Å². The first kappa shape index (κ1) is 13.6. The topological polar surface area (TPSA) is 40.5 Å². The molecule has 1 aliphatic carbocycles. The summed E-state index contributed by atoms with van der Waals surface area (Å²) in [6.45, 7) is 0.721. The molecule has 1 heterocycles. The Balaban J connectivity index is 2.00. The molecule has 0 saturated carbocycles. The Morgan fingerprint density at radius 3 is 2.65 bits per heavy atom. The molecule has 1 aromatic rings. The Bertz CT molecular complexity index is 577. The van der Waals surface area contributed by atoms with Gasteiger partial charge in [0.15, 0.2) is 0 Å². The van der Waals surface area contributed by atoms with Crippen LogP contribution in [0, 0.1) is 0 Å². The second-order valence-electron chi connectivity index (χ2n) is 5.35. The molecule has 2 aliphatic rings. The van der Waals surface area contributed by atoms with Gasteiger partial charge in [-0.2, -0.15) is 0 Å². The molecule has 0 aromatic heterocycles. The maximum Gasteiger partial charge on any atom is 0.407 e. The summed E-state index contributed by atoms with van der Waals surface area (Å²) >= 11 is 5.94. The summed E-state index contributed by atoms with van der Waals surface area (Å²) in [5.74, 6) is -2.92. The van der Waals surface area contributed by atoms with Crippen LogP contribution in [0.3, 0.4) is 0 Å². The average Bonchev–Trinajstić information content (AvgIpc) is 2.55. The van der Waals surface area contributed by atoms with Crippen molar-refractivity contribution in [2.75, 3.05) is 13.1 Å². The Morgan fingerprint density at radius 2 is 1.95 bits per heavy atom. The summed E-state index contributed by atoms with van der Waals surface area (Å²) in [4.78, 5) is 12.4. The summed E-state index contributed by atoms with van der Waals surface area (Å²) < 4.78 is 27.5. The van der Waals surface area contributed by atoms with Crippen LogP contribution in [-0.4, -0.2) is 35.1 Å². The van der Waals surface area contributed by atoms with Crippen molar-refractivity contribution in [1.82, 2.24) is 4.90 Å². The van der Waals surface area contributed by atoms with E-state index in [1.54, 1.807) is 6.07 Å². The molecule has 20 heavy (non-hydrogen) atoms. The first-order chi connectivity index (χ1) is 9.40. The summed E-state index contributed by atoms with van der Waals surface area (Å²) in [5, 5.41) is 7.75. The number of amides is 1. The van der Waals surface area contributed by atoms with Crippen molar-refractivity contribution in [3.8, 4) is 0 Å². The number of hydrogen-bond donors (Lipinski definition) is 1. The van der Waals surface area contributed by atoms with E-state index < -0.39 is 17.4 Å². The third-order valence-electron chi connectivity index (χ3n) is 4.15. The van der Waals surface area contributed by atoms with E-state index in [1.807, 2.05) is 6.07 Å². The van der Waals surface area contributed by atoms with E-state index >= 15 is 0 Å². The fraction of sp³-hybridized carbons (Fsp3) is 0.500. The van der Waals surface area contributed by atoms with Crippen molar-refractivity contribution < 1.29 is 18.7 Å². The molecule has 1 atom stereocenters. The highest BCUT2D eigenvalue weighted by atomic mass is 35.5. The lowest BCUT2D eigenvalue weighted by molar-refractivity contribution is 0.00767. The molecule has 0 spiro atoms. The first-order valence-corrected chi connectivity index (χ1v) is 6.97. The van der Waals surface area contributed by atoms with Crippen molar-refractivity contribution in [2.45, 2.75) is 30.6 Å². The maximum absolute atomic E-state index is 13.8. The van der Waals surface area contributed by atoms with E-state index in [0.29, 0.717) is 37.1 Å².